The van der Waals surface area contributed by atoms with Gasteiger partial charge in [0.2, 0.25) is 0 Å². The number of benzene rings is 6. The number of rotatable bonds is 11. The summed E-state index contributed by atoms with van der Waals surface area (Å²) in [6, 6.07) is 30.8. The lowest BCUT2D eigenvalue weighted by Gasteiger charge is -2.20. The van der Waals surface area contributed by atoms with E-state index < -0.39 is 11.6 Å². The van der Waals surface area contributed by atoms with E-state index in [0.717, 1.165) is 40.7 Å². The fraction of sp³-hybridized carbons (Fsp3) is 0.174. The summed E-state index contributed by atoms with van der Waals surface area (Å²) in [5, 5.41) is 44.3. The fourth-order valence-corrected chi connectivity index (χ4v) is 6.93. The van der Waals surface area contributed by atoms with Crippen molar-refractivity contribution in [1.82, 2.24) is 0 Å². The molecule has 6 rings (SSSR count). The molecule has 0 bridgehead atoms. The molecular formula is C46H45F2N3O5. The van der Waals surface area contributed by atoms with Gasteiger partial charge in [-0.1, -0.05) is 91.6 Å². The lowest BCUT2D eigenvalue weighted by molar-refractivity contribution is 0.318. The molecule has 8 nitrogen and oxygen atoms in total. The molecule has 0 aliphatic rings. The van der Waals surface area contributed by atoms with E-state index in [2.05, 4.69) is 42.4 Å². The molecule has 0 fully saturated rings. The number of hydrogen-bond donors (Lipinski definition) is 5. The van der Waals surface area contributed by atoms with Crippen molar-refractivity contribution in [2.75, 3.05) is 7.11 Å². The molecule has 0 saturated heterocycles. The van der Waals surface area contributed by atoms with Crippen LogP contribution in [0.5, 0.6) is 17.2 Å². The van der Waals surface area contributed by atoms with Crippen molar-refractivity contribution in [2.45, 2.75) is 46.5 Å². The quantitative estimate of drug-likeness (QED) is 0.0386. The Labute approximate surface area is 325 Å². The van der Waals surface area contributed by atoms with Gasteiger partial charge in [-0.25, -0.2) is 8.78 Å². The molecule has 6 aromatic rings. The van der Waals surface area contributed by atoms with E-state index in [-0.39, 0.29) is 39.6 Å². The number of aromatic hydroxyl groups is 2. The molecule has 0 aliphatic carbocycles. The molecule has 0 saturated carbocycles. The average molecular weight is 758 g/mol. The SMILES string of the molecule is CCCc1cc(/C(N)=N/O)c(-c2cc(F)ccc2OC)c(-c2ccc(O)cc2)c1F.CCCc1cc(/C=N/O)c(-c2ccccc2)c(-c2ccc(O)cc2)c1C. The summed E-state index contributed by atoms with van der Waals surface area (Å²) in [5.41, 5.74) is 15.2. The third-order valence-electron chi connectivity index (χ3n) is 9.49. The predicted octanol–water partition coefficient (Wildman–Crippen LogP) is 10.9. The van der Waals surface area contributed by atoms with Crippen molar-refractivity contribution in [3.8, 4) is 61.8 Å². The number of aryl methyl sites for hydroxylation is 2. The van der Waals surface area contributed by atoms with Crippen molar-refractivity contribution in [3.63, 3.8) is 0 Å². The van der Waals surface area contributed by atoms with Crippen molar-refractivity contribution >= 4 is 12.1 Å². The zero-order chi connectivity index (χ0) is 40.4. The van der Waals surface area contributed by atoms with E-state index in [0.29, 0.717) is 29.7 Å². The number of oxime groups is 2. The van der Waals surface area contributed by atoms with Gasteiger partial charge in [-0.2, -0.15) is 0 Å². The molecule has 0 radical (unpaired) electrons. The van der Waals surface area contributed by atoms with Crippen LogP contribution in [-0.4, -0.2) is 39.8 Å². The van der Waals surface area contributed by atoms with Crippen molar-refractivity contribution in [1.29, 1.82) is 0 Å². The maximum absolute atomic E-state index is 15.7. The number of phenolic OH excluding ortho intramolecular Hbond substituents is 2. The standard InChI is InChI=1S/C23H22F2N2O3.C23H23NO2/c1-3-4-14-11-18(23(26)27-29)21(17-12-15(24)7-10-19(17)30-2)20(22(14)25)13-5-8-16(28)9-6-13;1-3-7-19-14-20(15-24-26)23(17-8-5-4-6-9-17)22(16(19)2)18-10-12-21(25)13-11-18/h5-12,28-29H,3-4H2,1-2H3,(H2,26,27);4-6,8-15,25-26H,3,7H2,1-2H3/b;24-15+. The minimum atomic E-state index is -0.550. The molecular weight excluding hydrogens is 713 g/mol. The van der Waals surface area contributed by atoms with Gasteiger partial charge in [0.1, 0.15) is 28.9 Å². The molecule has 10 heteroatoms. The Morgan fingerprint density at radius 2 is 1.27 bits per heavy atom. The van der Waals surface area contributed by atoms with Crippen molar-refractivity contribution in [3.05, 3.63) is 149 Å². The summed E-state index contributed by atoms with van der Waals surface area (Å²) >= 11 is 0. The molecule has 0 aromatic heterocycles. The minimum absolute atomic E-state index is 0.0189. The van der Waals surface area contributed by atoms with Gasteiger partial charge in [0.05, 0.1) is 13.3 Å². The molecule has 288 valence electrons. The summed E-state index contributed by atoms with van der Waals surface area (Å²) in [6.07, 6.45) is 4.59. The second kappa shape index (κ2) is 18.6. The molecule has 6 aromatic carbocycles. The number of methoxy groups -OCH3 is 1. The highest BCUT2D eigenvalue weighted by Gasteiger charge is 2.25. The Morgan fingerprint density at radius 3 is 1.82 bits per heavy atom. The molecule has 0 heterocycles. The Bertz CT molecular complexity index is 2340. The van der Waals surface area contributed by atoms with Crippen LogP contribution in [0.15, 0.2) is 120 Å². The van der Waals surface area contributed by atoms with Crippen molar-refractivity contribution in [2.24, 2.45) is 16.0 Å². The number of nitrogens with two attached hydrogens (primary N) is 1. The van der Waals surface area contributed by atoms with E-state index >= 15 is 4.39 Å². The van der Waals surface area contributed by atoms with Gasteiger partial charge in [0.25, 0.3) is 0 Å². The Kier molecular flexibility index (Phi) is 13.4. The highest BCUT2D eigenvalue weighted by molar-refractivity contribution is 6.08. The smallest absolute Gasteiger partial charge is 0.170 e. The van der Waals surface area contributed by atoms with Gasteiger partial charge >= 0.3 is 0 Å². The highest BCUT2D eigenvalue weighted by atomic mass is 19.1. The summed E-state index contributed by atoms with van der Waals surface area (Å²) < 4.78 is 35.3. The number of hydrogen-bond acceptors (Lipinski definition) is 7. The number of halogens is 2. The summed E-state index contributed by atoms with van der Waals surface area (Å²) in [6.45, 7) is 6.20. The van der Waals surface area contributed by atoms with E-state index in [4.69, 9.17) is 10.5 Å². The Hall–Kier alpha value is -6.68. The molecule has 56 heavy (non-hydrogen) atoms. The van der Waals surface area contributed by atoms with Gasteiger partial charge in [0, 0.05) is 27.8 Å². The van der Waals surface area contributed by atoms with Gasteiger partial charge in [-0.3, -0.25) is 0 Å². The van der Waals surface area contributed by atoms with Crippen LogP contribution in [-0.2, 0) is 12.8 Å². The van der Waals surface area contributed by atoms with Crippen LogP contribution in [0.2, 0.25) is 0 Å². The first kappa shape index (κ1) is 40.5. The maximum Gasteiger partial charge on any atom is 0.170 e. The van der Waals surface area contributed by atoms with Gasteiger partial charge < -0.3 is 31.1 Å². The van der Waals surface area contributed by atoms with Gasteiger partial charge in [-0.15, -0.1) is 0 Å². The molecule has 0 unspecified atom stereocenters. The third kappa shape index (κ3) is 8.81. The average Bonchev–Trinajstić information content (AvgIpc) is 3.21. The third-order valence-corrected chi connectivity index (χ3v) is 9.49. The lowest BCUT2D eigenvalue weighted by Crippen LogP contribution is -2.17. The normalized spacial score (nSPS) is 11.4. The first-order valence-corrected chi connectivity index (χ1v) is 18.2. The van der Waals surface area contributed by atoms with Crippen LogP contribution in [0.25, 0.3) is 44.5 Å². The molecule has 6 N–H and O–H groups in total. The molecule has 0 atom stereocenters. The Morgan fingerprint density at radius 1 is 0.696 bits per heavy atom. The van der Waals surface area contributed by atoms with E-state index in [1.807, 2.05) is 37.3 Å². The molecule has 0 spiro atoms. The van der Waals surface area contributed by atoms with Crippen LogP contribution >= 0.6 is 0 Å². The lowest BCUT2D eigenvalue weighted by atomic mass is 9.84. The minimum Gasteiger partial charge on any atom is -0.508 e. The van der Waals surface area contributed by atoms with E-state index in [1.165, 1.54) is 60.8 Å². The number of amidine groups is 1. The predicted molar refractivity (Wildman–Crippen MR) is 219 cm³/mol. The summed E-state index contributed by atoms with van der Waals surface area (Å²) in [7, 11) is 1.42. The number of ether oxygens (including phenoxy) is 1. The van der Waals surface area contributed by atoms with Crippen LogP contribution in [0.3, 0.4) is 0 Å². The second-order valence-electron chi connectivity index (χ2n) is 13.2. The first-order chi connectivity index (χ1) is 27.1. The number of nitrogens with zero attached hydrogens (tertiary/aromatic N) is 2. The van der Waals surface area contributed by atoms with Crippen LogP contribution in [0, 0.1) is 18.6 Å². The van der Waals surface area contributed by atoms with E-state index in [9.17, 15) is 25.0 Å². The van der Waals surface area contributed by atoms with Crippen LogP contribution in [0.4, 0.5) is 8.78 Å². The fourth-order valence-electron chi connectivity index (χ4n) is 6.93. The topological polar surface area (TPSA) is 141 Å². The summed E-state index contributed by atoms with van der Waals surface area (Å²) in [5.74, 6) is -0.732. The first-order valence-electron chi connectivity index (χ1n) is 18.2. The van der Waals surface area contributed by atoms with Crippen LogP contribution in [0.1, 0.15) is 54.5 Å². The zero-order valence-corrected chi connectivity index (χ0v) is 31.7. The largest absolute Gasteiger partial charge is 0.508 e. The Balaban J connectivity index is 0.000000216. The van der Waals surface area contributed by atoms with Crippen molar-refractivity contribution < 1.29 is 34.1 Å². The monoisotopic (exact) mass is 757 g/mol. The maximum atomic E-state index is 15.7. The highest BCUT2D eigenvalue weighted by Crippen LogP contribution is 2.44. The molecule has 0 aliphatic heterocycles. The van der Waals surface area contributed by atoms with Crippen LogP contribution < -0.4 is 10.5 Å². The van der Waals surface area contributed by atoms with E-state index in [1.54, 1.807) is 24.3 Å². The zero-order valence-electron chi connectivity index (χ0n) is 31.7. The number of phenols is 2. The molecule has 0 amide bonds. The van der Waals surface area contributed by atoms with Gasteiger partial charge in [-0.05, 0) is 119 Å². The van der Waals surface area contributed by atoms with Gasteiger partial charge in [0.15, 0.2) is 5.84 Å². The second-order valence-corrected chi connectivity index (χ2v) is 13.2. The summed E-state index contributed by atoms with van der Waals surface area (Å²) in [4.78, 5) is 0.